The van der Waals surface area contributed by atoms with Crippen LogP contribution in [0.1, 0.15) is 0 Å². The highest BCUT2D eigenvalue weighted by molar-refractivity contribution is 6.06. The van der Waals surface area contributed by atoms with Crippen LogP contribution in [0.25, 0.3) is 0 Å². The third kappa shape index (κ3) is 2.03. The number of carbonyl (C=O) groups is 4. The molecule has 2 rings (SSSR count). The second-order valence-electron chi connectivity index (χ2n) is 3.98. The Bertz CT molecular complexity index is 420. The van der Waals surface area contributed by atoms with Gasteiger partial charge >= 0.3 is 5.97 Å². The molecule has 2 heterocycles. The second kappa shape index (κ2) is 4.00. The van der Waals surface area contributed by atoms with E-state index in [4.69, 9.17) is 5.11 Å². The van der Waals surface area contributed by atoms with Gasteiger partial charge < -0.3 is 10.0 Å². The fraction of sp³-hybridized carbons (Fsp3) is 0.400. The molecule has 2 atom stereocenters. The first-order chi connectivity index (χ1) is 7.99. The summed E-state index contributed by atoms with van der Waals surface area (Å²) in [6.45, 7) is 0.316. The second-order valence-corrected chi connectivity index (χ2v) is 3.98. The van der Waals surface area contributed by atoms with Crippen LogP contribution in [0.15, 0.2) is 12.2 Å². The molecular weight excluding hydrogens is 228 g/mol. The van der Waals surface area contributed by atoms with E-state index in [0.717, 1.165) is 12.2 Å². The predicted octanol–water partition coefficient (Wildman–Crippen LogP) is -1.64. The van der Waals surface area contributed by atoms with Gasteiger partial charge in [-0.15, -0.1) is 0 Å². The normalized spacial score (nSPS) is 27.4. The molecule has 7 nitrogen and oxygen atoms in total. The van der Waals surface area contributed by atoms with Crippen molar-refractivity contribution in [1.82, 2.24) is 10.2 Å². The fourth-order valence-electron chi connectivity index (χ4n) is 2.07. The lowest BCUT2D eigenvalue weighted by Gasteiger charge is -2.14. The molecule has 0 bridgehead atoms. The zero-order chi connectivity index (χ0) is 12.6. The number of aliphatic carboxylic acids is 1. The number of fused-ring (bicyclic) bond motifs is 1. The van der Waals surface area contributed by atoms with E-state index in [2.05, 4.69) is 5.32 Å². The Balaban J connectivity index is 2.03. The number of amides is 3. The maximum absolute atomic E-state index is 11.5. The van der Waals surface area contributed by atoms with Crippen LogP contribution in [0.4, 0.5) is 0 Å². The Morgan fingerprint density at radius 2 is 1.71 bits per heavy atom. The van der Waals surface area contributed by atoms with Gasteiger partial charge in [0.25, 0.3) is 0 Å². The number of hydrogen-bond donors (Lipinski definition) is 2. The van der Waals surface area contributed by atoms with E-state index in [1.54, 1.807) is 0 Å². The minimum Gasteiger partial charge on any atom is -0.478 e. The lowest BCUT2D eigenvalue weighted by Crippen LogP contribution is -2.34. The maximum atomic E-state index is 11.5. The van der Waals surface area contributed by atoms with Crippen molar-refractivity contribution < 1.29 is 24.3 Å². The largest absolute Gasteiger partial charge is 0.478 e. The van der Waals surface area contributed by atoms with Gasteiger partial charge in [-0.25, -0.2) is 4.79 Å². The molecule has 0 aromatic rings. The summed E-state index contributed by atoms with van der Waals surface area (Å²) in [7, 11) is 0. The van der Waals surface area contributed by atoms with Crippen LogP contribution in [0.3, 0.4) is 0 Å². The Hall–Kier alpha value is -2.18. The summed E-state index contributed by atoms with van der Waals surface area (Å²) >= 11 is 0. The number of likely N-dealkylation sites (tertiary alicyclic amines) is 1. The molecule has 2 fully saturated rings. The van der Waals surface area contributed by atoms with Crippen LogP contribution in [-0.4, -0.2) is 46.8 Å². The van der Waals surface area contributed by atoms with Crippen LogP contribution in [0.5, 0.6) is 0 Å². The average Bonchev–Trinajstić information content (AvgIpc) is 2.79. The van der Waals surface area contributed by atoms with Crippen LogP contribution >= 0.6 is 0 Å². The first-order valence-electron chi connectivity index (χ1n) is 5.03. The molecule has 0 saturated carbocycles. The van der Waals surface area contributed by atoms with Crippen molar-refractivity contribution in [2.75, 3.05) is 13.1 Å². The lowest BCUT2D eigenvalue weighted by atomic mass is 10.00. The molecule has 0 aromatic heterocycles. The van der Waals surface area contributed by atoms with Gasteiger partial charge in [-0.1, -0.05) is 0 Å². The Morgan fingerprint density at radius 3 is 2.18 bits per heavy atom. The minimum atomic E-state index is -1.22. The predicted molar refractivity (Wildman–Crippen MR) is 53.5 cm³/mol. The van der Waals surface area contributed by atoms with E-state index in [-0.39, 0.29) is 24.9 Å². The van der Waals surface area contributed by atoms with Crippen LogP contribution < -0.4 is 5.32 Å². The molecule has 2 saturated heterocycles. The monoisotopic (exact) mass is 238 g/mol. The van der Waals surface area contributed by atoms with Gasteiger partial charge in [0.15, 0.2) is 0 Å². The molecule has 2 N–H and O–H groups in total. The summed E-state index contributed by atoms with van der Waals surface area (Å²) in [6.07, 6.45) is 1.66. The number of carboxylic acids is 1. The van der Waals surface area contributed by atoms with E-state index in [1.165, 1.54) is 4.90 Å². The van der Waals surface area contributed by atoms with E-state index >= 15 is 0 Å². The van der Waals surface area contributed by atoms with E-state index in [9.17, 15) is 19.2 Å². The Labute approximate surface area is 96.1 Å². The summed E-state index contributed by atoms with van der Waals surface area (Å²) in [4.78, 5) is 45.7. The van der Waals surface area contributed by atoms with Crippen molar-refractivity contribution in [2.24, 2.45) is 11.8 Å². The highest BCUT2D eigenvalue weighted by atomic mass is 16.4. The molecular formula is C10H10N2O5. The number of carboxylic acid groups (broad SMARTS) is 1. The van der Waals surface area contributed by atoms with Crippen molar-refractivity contribution in [3.8, 4) is 0 Å². The van der Waals surface area contributed by atoms with Gasteiger partial charge in [0.1, 0.15) is 0 Å². The molecule has 17 heavy (non-hydrogen) atoms. The van der Waals surface area contributed by atoms with Crippen molar-refractivity contribution >= 4 is 23.7 Å². The number of nitrogens with zero attached hydrogens (tertiary/aromatic N) is 1. The Kier molecular flexibility index (Phi) is 2.66. The summed E-state index contributed by atoms with van der Waals surface area (Å²) in [5.74, 6) is -3.43. The third-order valence-corrected chi connectivity index (χ3v) is 2.92. The fourth-order valence-corrected chi connectivity index (χ4v) is 2.07. The number of rotatable bonds is 2. The number of carbonyl (C=O) groups excluding carboxylic acids is 3. The summed E-state index contributed by atoms with van der Waals surface area (Å²) in [6, 6.07) is 0. The number of nitrogens with one attached hydrogen (secondary N) is 1. The third-order valence-electron chi connectivity index (χ3n) is 2.92. The SMILES string of the molecule is O=C(O)/C=C/C(=O)N1C[C@@H]2C(=O)NC(=O)[C@@H]2C1. The number of imide groups is 1. The summed E-state index contributed by atoms with van der Waals surface area (Å²) in [5, 5.41) is 10.6. The zero-order valence-electron chi connectivity index (χ0n) is 8.75. The van der Waals surface area contributed by atoms with Crippen molar-refractivity contribution in [1.29, 1.82) is 0 Å². The lowest BCUT2D eigenvalue weighted by molar-refractivity contribution is -0.133. The van der Waals surface area contributed by atoms with Crippen LogP contribution in [0, 0.1) is 11.8 Å². The highest BCUT2D eigenvalue weighted by Crippen LogP contribution is 2.28. The van der Waals surface area contributed by atoms with Crippen LogP contribution in [0.2, 0.25) is 0 Å². The molecule has 90 valence electrons. The molecule has 7 heteroatoms. The molecule has 0 spiro atoms. The molecule has 0 unspecified atom stereocenters. The first-order valence-corrected chi connectivity index (χ1v) is 5.03. The van der Waals surface area contributed by atoms with Gasteiger partial charge in [-0.05, 0) is 0 Å². The minimum absolute atomic E-state index is 0.158. The molecule has 0 aliphatic carbocycles. The summed E-state index contributed by atoms with van der Waals surface area (Å²) in [5.41, 5.74) is 0. The smallest absolute Gasteiger partial charge is 0.328 e. The quantitative estimate of drug-likeness (QED) is 0.443. The van der Waals surface area contributed by atoms with Gasteiger partial charge in [-0.2, -0.15) is 0 Å². The first kappa shape index (κ1) is 11.3. The molecule has 2 aliphatic rings. The molecule has 0 aromatic carbocycles. The van der Waals surface area contributed by atoms with Crippen LogP contribution in [-0.2, 0) is 19.2 Å². The van der Waals surface area contributed by atoms with E-state index in [1.807, 2.05) is 0 Å². The number of hydrogen-bond acceptors (Lipinski definition) is 4. The molecule has 2 aliphatic heterocycles. The topological polar surface area (TPSA) is 104 Å². The summed E-state index contributed by atoms with van der Waals surface area (Å²) < 4.78 is 0. The average molecular weight is 238 g/mol. The zero-order valence-corrected chi connectivity index (χ0v) is 8.75. The molecule has 3 amide bonds. The van der Waals surface area contributed by atoms with Crippen molar-refractivity contribution in [3.05, 3.63) is 12.2 Å². The van der Waals surface area contributed by atoms with Crippen molar-refractivity contribution in [2.45, 2.75) is 0 Å². The Morgan fingerprint density at radius 1 is 1.18 bits per heavy atom. The maximum Gasteiger partial charge on any atom is 0.328 e. The highest BCUT2D eigenvalue weighted by Gasteiger charge is 2.48. The van der Waals surface area contributed by atoms with Gasteiger partial charge in [0.2, 0.25) is 17.7 Å². The van der Waals surface area contributed by atoms with Crippen molar-refractivity contribution in [3.63, 3.8) is 0 Å². The molecule has 0 radical (unpaired) electrons. The standard InChI is InChI=1S/C10H10N2O5/c13-7(1-2-8(14)15)12-3-5-6(4-12)10(17)11-9(5)16/h1-2,5-6H,3-4H2,(H,14,15)(H,11,16,17)/b2-1+/t5-,6+. The van der Waals surface area contributed by atoms with Gasteiger partial charge in [0, 0.05) is 25.2 Å². The van der Waals surface area contributed by atoms with E-state index in [0.29, 0.717) is 0 Å². The van der Waals surface area contributed by atoms with Gasteiger partial charge in [0.05, 0.1) is 11.8 Å². The van der Waals surface area contributed by atoms with Gasteiger partial charge in [-0.3, -0.25) is 19.7 Å². The van der Waals surface area contributed by atoms with E-state index < -0.39 is 23.7 Å².